The Morgan fingerprint density at radius 2 is 1.88 bits per heavy atom. The molecule has 1 aromatic carbocycles. The smallest absolute Gasteiger partial charge is 0.232 e. The second kappa shape index (κ2) is 4.14. The molecule has 1 nitrogen and oxygen atoms in total. The lowest BCUT2D eigenvalue weighted by atomic mass is 10.1. The molecule has 0 atom stereocenters. The van der Waals surface area contributed by atoms with Crippen LogP contribution in [0.15, 0.2) is 24.3 Å². The number of nitrogens with zero attached hydrogens (tertiary/aromatic N) is 1. The molecule has 0 bridgehead atoms. The second-order valence-corrected chi connectivity index (χ2v) is 4.99. The maximum absolute atomic E-state index is 12.5. The normalized spacial score (nSPS) is 11.8. The van der Waals surface area contributed by atoms with E-state index >= 15 is 0 Å². The van der Waals surface area contributed by atoms with Crippen LogP contribution >= 0.6 is 11.3 Å². The summed E-state index contributed by atoms with van der Waals surface area (Å²) in [4.78, 5) is 4.27. The monoisotopic (exact) mass is 257 g/mol. The molecule has 0 saturated carbocycles. The number of aromatic nitrogens is 1. The number of benzene rings is 1. The zero-order valence-electron chi connectivity index (χ0n) is 9.30. The summed E-state index contributed by atoms with van der Waals surface area (Å²) in [5.41, 5.74) is 2.16. The molecule has 2 aromatic rings. The van der Waals surface area contributed by atoms with Crippen LogP contribution in [0.25, 0.3) is 11.3 Å². The first-order valence-electron chi connectivity index (χ1n) is 4.99. The molecule has 90 valence electrons. The predicted octanol–water partition coefficient (Wildman–Crippen LogP) is 4.45. The Labute approximate surface area is 101 Å². The van der Waals surface area contributed by atoms with E-state index in [-0.39, 0.29) is 0 Å². The van der Waals surface area contributed by atoms with Gasteiger partial charge in [0.15, 0.2) is 5.01 Å². The van der Waals surface area contributed by atoms with Crippen molar-refractivity contribution >= 4 is 11.3 Å². The quantitative estimate of drug-likeness (QED) is 0.735. The summed E-state index contributed by atoms with van der Waals surface area (Å²) < 4.78 is 37.6. The molecule has 0 N–H and O–H groups in total. The van der Waals surface area contributed by atoms with E-state index in [4.69, 9.17) is 0 Å². The molecule has 0 unspecified atom stereocenters. The number of alkyl halides is 3. The van der Waals surface area contributed by atoms with Gasteiger partial charge in [0.2, 0.25) is 0 Å². The van der Waals surface area contributed by atoms with Crippen LogP contribution in [0, 0.1) is 13.8 Å². The molecular weight excluding hydrogens is 247 g/mol. The Kier molecular flexibility index (Phi) is 2.95. The first-order valence-corrected chi connectivity index (χ1v) is 5.81. The van der Waals surface area contributed by atoms with Gasteiger partial charge < -0.3 is 0 Å². The van der Waals surface area contributed by atoms with E-state index in [1.165, 1.54) is 0 Å². The fraction of sp³-hybridized carbons (Fsp3) is 0.250. The summed E-state index contributed by atoms with van der Waals surface area (Å²) in [6, 6.07) is 7.32. The van der Waals surface area contributed by atoms with Gasteiger partial charge in [-0.05, 0) is 19.9 Å². The largest absolute Gasteiger partial charge is 0.443 e. The predicted molar refractivity (Wildman–Crippen MR) is 62.0 cm³/mol. The lowest BCUT2D eigenvalue weighted by molar-refractivity contribution is -0.137. The Balaban J connectivity index is 2.50. The highest BCUT2D eigenvalue weighted by Gasteiger charge is 2.35. The van der Waals surface area contributed by atoms with Gasteiger partial charge in [0.25, 0.3) is 0 Å². The minimum absolute atomic E-state index is 0.422. The van der Waals surface area contributed by atoms with Crippen LogP contribution < -0.4 is 0 Å². The standard InChI is InChI=1S/C12H10F3NS/c1-7-4-3-5-9(6-7)10-8(2)17-11(16-10)12(13,14)15/h3-6H,1-2H3. The van der Waals surface area contributed by atoms with Crippen LogP contribution in [-0.4, -0.2) is 4.98 Å². The molecule has 0 aliphatic heterocycles. The zero-order valence-corrected chi connectivity index (χ0v) is 10.1. The molecule has 0 spiro atoms. The minimum atomic E-state index is -4.36. The Morgan fingerprint density at radius 3 is 2.41 bits per heavy atom. The first kappa shape index (κ1) is 12.1. The van der Waals surface area contributed by atoms with Crippen LogP contribution in [0.1, 0.15) is 15.4 Å². The summed E-state index contributed by atoms with van der Waals surface area (Å²) in [7, 11) is 0. The van der Waals surface area contributed by atoms with E-state index in [9.17, 15) is 13.2 Å². The number of aryl methyl sites for hydroxylation is 2. The SMILES string of the molecule is Cc1cccc(-c2nc(C(F)(F)F)sc2C)c1. The van der Waals surface area contributed by atoms with Crippen molar-refractivity contribution < 1.29 is 13.2 Å². The van der Waals surface area contributed by atoms with Crippen LogP contribution in [0.2, 0.25) is 0 Å². The number of hydrogen-bond acceptors (Lipinski definition) is 2. The molecule has 0 aliphatic rings. The fourth-order valence-electron chi connectivity index (χ4n) is 1.58. The highest BCUT2D eigenvalue weighted by atomic mass is 32.1. The van der Waals surface area contributed by atoms with Gasteiger partial charge in [-0.1, -0.05) is 23.8 Å². The van der Waals surface area contributed by atoms with Crippen LogP contribution in [0.4, 0.5) is 13.2 Å². The van der Waals surface area contributed by atoms with Crippen molar-refractivity contribution in [1.82, 2.24) is 4.98 Å². The number of hydrogen-bond donors (Lipinski definition) is 0. The Morgan fingerprint density at radius 1 is 1.18 bits per heavy atom. The number of thiazole rings is 1. The molecule has 2 rings (SSSR count). The summed E-state index contributed by atoms with van der Waals surface area (Å²) in [5, 5.41) is -0.786. The lowest BCUT2D eigenvalue weighted by Gasteiger charge is -2.01. The van der Waals surface area contributed by atoms with Gasteiger partial charge in [-0.15, -0.1) is 11.3 Å². The van der Waals surface area contributed by atoms with Gasteiger partial charge in [-0.2, -0.15) is 13.2 Å². The van der Waals surface area contributed by atoms with Gasteiger partial charge in [0, 0.05) is 10.4 Å². The first-order chi connectivity index (χ1) is 7.88. The zero-order chi connectivity index (χ0) is 12.6. The Hall–Kier alpha value is -1.36. The van der Waals surface area contributed by atoms with Crippen molar-refractivity contribution in [2.24, 2.45) is 0 Å². The maximum atomic E-state index is 12.5. The van der Waals surface area contributed by atoms with Gasteiger partial charge >= 0.3 is 6.18 Å². The summed E-state index contributed by atoms with van der Waals surface area (Å²) >= 11 is 0.686. The molecular formula is C12H10F3NS. The molecule has 0 amide bonds. The van der Waals surface area contributed by atoms with Gasteiger partial charge in [0.05, 0.1) is 5.69 Å². The van der Waals surface area contributed by atoms with Gasteiger partial charge in [-0.25, -0.2) is 4.98 Å². The van der Waals surface area contributed by atoms with Gasteiger partial charge in [0.1, 0.15) is 0 Å². The Bertz CT molecular complexity index is 543. The van der Waals surface area contributed by atoms with Crippen LogP contribution in [0.5, 0.6) is 0 Å². The molecule has 0 saturated heterocycles. The lowest BCUT2D eigenvalue weighted by Crippen LogP contribution is -2.03. The van der Waals surface area contributed by atoms with E-state index in [2.05, 4.69) is 4.98 Å². The third-order valence-corrected chi connectivity index (χ3v) is 3.35. The summed E-state index contributed by atoms with van der Waals surface area (Å²) in [6.07, 6.45) is -4.36. The van der Waals surface area contributed by atoms with Crippen molar-refractivity contribution in [3.8, 4) is 11.3 Å². The molecule has 0 radical (unpaired) electrons. The fourth-order valence-corrected chi connectivity index (χ4v) is 2.38. The minimum Gasteiger partial charge on any atom is -0.232 e. The molecule has 0 fully saturated rings. The van der Waals surface area contributed by atoms with E-state index < -0.39 is 11.2 Å². The third-order valence-electron chi connectivity index (χ3n) is 2.33. The molecule has 0 aliphatic carbocycles. The third kappa shape index (κ3) is 2.49. The van der Waals surface area contributed by atoms with E-state index in [0.29, 0.717) is 21.9 Å². The molecule has 1 heterocycles. The van der Waals surface area contributed by atoms with Crippen molar-refractivity contribution in [2.45, 2.75) is 20.0 Å². The van der Waals surface area contributed by atoms with Crippen LogP contribution in [-0.2, 0) is 6.18 Å². The van der Waals surface area contributed by atoms with E-state index in [1.807, 2.05) is 25.1 Å². The average molecular weight is 257 g/mol. The highest BCUT2D eigenvalue weighted by molar-refractivity contribution is 7.12. The van der Waals surface area contributed by atoms with Crippen molar-refractivity contribution in [1.29, 1.82) is 0 Å². The molecule has 17 heavy (non-hydrogen) atoms. The summed E-state index contributed by atoms with van der Waals surface area (Å²) in [5.74, 6) is 0. The number of halogens is 3. The number of rotatable bonds is 1. The molecule has 5 heteroatoms. The summed E-state index contributed by atoms with van der Waals surface area (Å²) in [6.45, 7) is 3.56. The van der Waals surface area contributed by atoms with Crippen LogP contribution in [0.3, 0.4) is 0 Å². The van der Waals surface area contributed by atoms with Gasteiger partial charge in [-0.3, -0.25) is 0 Å². The highest BCUT2D eigenvalue weighted by Crippen LogP contribution is 2.37. The average Bonchev–Trinajstić information content (AvgIpc) is 2.60. The van der Waals surface area contributed by atoms with E-state index in [1.54, 1.807) is 13.0 Å². The van der Waals surface area contributed by atoms with E-state index in [0.717, 1.165) is 11.1 Å². The van der Waals surface area contributed by atoms with Crippen molar-refractivity contribution in [3.63, 3.8) is 0 Å². The topological polar surface area (TPSA) is 12.9 Å². The second-order valence-electron chi connectivity index (χ2n) is 3.79. The maximum Gasteiger partial charge on any atom is 0.443 e. The molecule has 1 aromatic heterocycles. The van der Waals surface area contributed by atoms with Crippen molar-refractivity contribution in [2.75, 3.05) is 0 Å². The van der Waals surface area contributed by atoms with Crippen molar-refractivity contribution in [3.05, 3.63) is 39.7 Å².